The van der Waals surface area contributed by atoms with Crippen molar-refractivity contribution in [3.05, 3.63) is 0 Å². The summed E-state index contributed by atoms with van der Waals surface area (Å²) >= 11 is 0. The van der Waals surface area contributed by atoms with Gasteiger partial charge in [0.1, 0.15) is 11.2 Å². The smallest absolute Gasteiger partial charge is 0.129 e. The second-order valence-electron chi connectivity index (χ2n) is 6.43. The van der Waals surface area contributed by atoms with Crippen LogP contribution in [0.3, 0.4) is 0 Å². The van der Waals surface area contributed by atoms with Crippen molar-refractivity contribution in [1.29, 1.82) is 0 Å². The molecule has 3 aliphatic rings. The lowest BCUT2D eigenvalue weighted by atomic mass is 9.60. The van der Waals surface area contributed by atoms with Crippen LogP contribution in [0, 0.1) is 5.92 Å². The molecular formula is C13H22O3. The third kappa shape index (κ3) is 0.856. The SMILES string of the molecule is CC(C)[C@@]1(O)CC[C@@]2(O)CCC[C@]23O[C@@]31C. The lowest BCUT2D eigenvalue weighted by molar-refractivity contribution is -0.117. The maximum atomic E-state index is 10.8. The minimum Gasteiger partial charge on any atom is -0.387 e. The molecule has 4 atom stereocenters. The van der Waals surface area contributed by atoms with Crippen LogP contribution in [-0.4, -0.2) is 32.6 Å². The van der Waals surface area contributed by atoms with Gasteiger partial charge in [-0.2, -0.15) is 0 Å². The van der Waals surface area contributed by atoms with Crippen LogP contribution in [0.5, 0.6) is 0 Å². The summed E-state index contributed by atoms with van der Waals surface area (Å²) in [5, 5.41) is 21.5. The molecule has 3 fully saturated rings. The summed E-state index contributed by atoms with van der Waals surface area (Å²) in [6, 6.07) is 0. The van der Waals surface area contributed by atoms with Crippen LogP contribution in [0.4, 0.5) is 0 Å². The Balaban J connectivity index is 2.04. The molecular weight excluding hydrogens is 204 g/mol. The second-order valence-corrected chi connectivity index (χ2v) is 6.43. The summed E-state index contributed by atoms with van der Waals surface area (Å²) in [6.07, 6.45) is 4.07. The van der Waals surface area contributed by atoms with E-state index >= 15 is 0 Å². The maximum Gasteiger partial charge on any atom is 0.129 e. The molecule has 16 heavy (non-hydrogen) atoms. The number of epoxide rings is 1. The molecule has 0 unspecified atom stereocenters. The molecule has 1 spiro atoms. The molecule has 3 heteroatoms. The minimum absolute atomic E-state index is 0.169. The number of aliphatic hydroxyl groups is 2. The van der Waals surface area contributed by atoms with E-state index in [-0.39, 0.29) is 5.92 Å². The van der Waals surface area contributed by atoms with E-state index in [4.69, 9.17) is 4.74 Å². The average Bonchev–Trinajstić information content (AvgIpc) is 2.70. The monoisotopic (exact) mass is 226 g/mol. The fourth-order valence-electron chi connectivity index (χ4n) is 4.46. The van der Waals surface area contributed by atoms with Gasteiger partial charge in [0.2, 0.25) is 0 Å². The van der Waals surface area contributed by atoms with E-state index < -0.39 is 22.4 Å². The standard InChI is InChI=1S/C13H22O3/c1-9(2)12(15)8-7-11(14)5-4-6-13(11)10(12,3)16-13/h9,14-15H,4-8H2,1-3H3/t10-,11+,12+,13-/m1/s1. The molecule has 1 saturated heterocycles. The highest BCUT2D eigenvalue weighted by Gasteiger charge is 2.85. The molecule has 1 heterocycles. The van der Waals surface area contributed by atoms with E-state index in [0.717, 1.165) is 19.3 Å². The summed E-state index contributed by atoms with van der Waals surface area (Å²) in [6.45, 7) is 6.07. The van der Waals surface area contributed by atoms with E-state index in [9.17, 15) is 10.2 Å². The Hall–Kier alpha value is -0.120. The first-order valence-corrected chi connectivity index (χ1v) is 6.46. The van der Waals surface area contributed by atoms with Crippen LogP contribution in [0.2, 0.25) is 0 Å². The van der Waals surface area contributed by atoms with Gasteiger partial charge in [0, 0.05) is 0 Å². The number of hydrogen-bond acceptors (Lipinski definition) is 3. The lowest BCUT2D eigenvalue weighted by Crippen LogP contribution is -2.61. The fraction of sp³-hybridized carbons (Fsp3) is 1.00. The number of hydrogen-bond donors (Lipinski definition) is 2. The van der Waals surface area contributed by atoms with E-state index in [2.05, 4.69) is 0 Å². The molecule has 2 saturated carbocycles. The van der Waals surface area contributed by atoms with Crippen LogP contribution in [0.25, 0.3) is 0 Å². The van der Waals surface area contributed by atoms with E-state index in [1.54, 1.807) is 0 Å². The molecule has 0 aromatic rings. The zero-order valence-corrected chi connectivity index (χ0v) is 10.4. The van der Waals surface area contributed by atoms with E-state index in [1.165, 1.54) is 0 Å². The van der Waals surface area contributed by atoms with Crippen molar-refractivity contribution in [2.24, 2.45) is 5.92 Å². The van der Waals surface area contributed by atoms with Crippen molar-refractivity contribution in [1.82, 2.24) is 0 Å². The molecule has 3 nitrogen and oxygen atoms in total. The molecule has 0 radical (unpaired) electrons. The Bertz CT molecular complexity index is 342. The quantitative estimate of drug-likeness (QED) is 0.668. The Kier molecular flexibility index (Phi) is 1.82. The normalized spacial score (nSPS) is 59.6. The van der Waals surface area contributed by atoms with Gasteiger partial charge in [0.05, 0.1) is 11.2 Å². The van der Waals surface area contributed by atoms with Gasteiger partial charge in [-0.3, -0.25) is 0 Å². The van der Waals surface area contributed by atoms with Gasteiger partial charge < -0.3 is 14.9 Å². The predicted octanol–water partition coefficient (Wildman–Crippen LogP) is 1.61. The van der Waals surface area contributed by atoms with E-state index in [1.807, 2.05) is 20.8 Å². The number of rotatable bonds is 1. The topological polar surface area (TPSA) is 53.0 Å². The van der Waals surface area contributed by atoms with Crippen molar-refractivity contribution < 1.29 is 14.9 Å². The Morgan fingerprint density at radius 3 is 2.38 bits per heavy atom. The fourth-order valence-corrected chi connectivity index (χ4v) is 4.46. The minimum atomic E-state index is -0.774. The third-order valence-electron chi connectivity index (χ3n) is 5.68. The van der Waals surface area contributed by atoms with Crippen LogP contribution in [0.15, 0.2) is 0 Å². The van der Waals surface area contributed by atoms with Gasteiger partial charge in [-0.1, -0.05) is 13.8 Å². The molecule has 3 rings (SSSR count). The predicted molar refractivity (Wildman–Crippen MR) is 60.0 cm³/mol. The van der Waals surface area contributed by atoms with Crippen LogP contribution >= 0.6 is 0 Å². The van der Waals surface area contributed by atoms with Crippen molar-refractivity contribution in [3.8, 4) is 0 Å². The van der Waals surface area contributed by atoms with E-state index in [0.29, 0.717) is 12.8 Å². The molecule has 0 aromatic heterocycles. The summed E-state index contributed by atoms with van der Waals surface area (Å²) in [5.74, 6) is 0.169. The van der Waals surface area contributed by atoms with Crippen LogP contribution in [-0.2, 0) is 4.74 Å². The Labute approximate surface area is 96.8 Å². The van der Waals surface area contributed by atoms with Crippen molar-refractivity contribution in [2.45, 2.75) is 75.3 Å². The van der Waals surface area contributed by atoms with Gasteiger partial charge in [-0.25, -0.2) is 0 Å². The van der Waals surface area contributed by atoms with Gasteiger partial charge in [-0.05, 0) is 44.9 Å². The highest BCUT2D eigenvalue weighted by Crippen LogP contribution is 2.72. The molecule has 0 aromatic carbocycles. The first kappa shape index (κ1) is 11.0. The molecule has 0 amide bonds. The van der Waals surface area contributed by atoms with Crippen molar-refractivity contribution in [3.63, 3.8) is 0 Å². The van der Waals surface area contributed by atoms with Gasteiger partial charge in [0.25, 0.3) is 0 Å². The molecule has 2 N–H and O–H groups in total. The molecule has 92 valence electrons. The summed E-state index contributed by atoms with van der Waals surface area (Å²) in [5.41, 5.74) is -2.43. The Morgan fingerprint density at radius 1 is 1.06 bits per heavy atom. The van der Waals surface area contributed by atoms with Gasteiger partial charge in [-0.15, -0.1) is 0 Å². The summed E-state index contributed by atoms with van der Waals surface area (Å²) < 4.78 is 5.96. The number of ether oxygens (including phenoxy) is 1. The first-order chi connectivity index (χ1) is 7.31. The highest BCUT2D eigenvalue weighted by molar-refractivity contribution is 5.35. The zero-order valence-electron chi connectivity index (χ0n) is 10.4. The summed E-state index contributed by atoms with van der Waals surface area (Å²) in [4.78, 5) is 0. The zero-order chi connectivity index (χ0) is 11.8. The average molecular weight is 226 g/mol. The van der Waals surface area contributed by atoms with Crippen LogP contribution in [0.1, 0.15) is 52.9 Å². The first-order valence-electron chi connectivity index (χ1n) is 6.46. The van der Waals surface area contributed by atoms with Gasteiger partial charge >= 0.3 is 0 Å². The molecule has 2 aliphatic carbocycles. The Morgan fingerprint density at radius 2 is 1.75 bits per heavy atom. The second kappa shape index (κ2) is 2.65. The third-order valence-corrected chi connectivity index (χ3v) is 5.68. The van der Waals surface area contributed by atoms with Gasteiger partial charge in [0.15, 0.2) is 0 Å². The lowest BCUT2D eigenvalue weighted by Gasteiger charge is -2.46. The largest absolute Gasteiger partial charge is 0.387 e. The maximum absolute atomic E-state index is 10.8. The van der Waals surface area contributed by atoms with Crippen molar-refractivity contribution >= 4 is 0 Å². The molecule has 1 aliphatic heterocycles. The van der Waals surface area contributed by atoms with Crippen LogP contribution < -0.4 is 0 Å². The molecule has 0 bridgehead atoms. The highest BCUT2D eigenvalue weighted by atomic mass is 16.7. The summed E-state index contributed by atoms with van der Waals surface area (Å²) in [7, 11) is 0. The van der Waals surface area contributed by atoms with Crippen molar-refractivity contribution in [2.75, 3.05) is 0 Å².